The quantitative estimate of drug-likeness (QED) is 0.446. The second-order valence-electron chi connectivity index (χ2n) is 7.38. The number of nitrogens with zero attached hydrogens (tertiary/aromatic N) is 5. The lowest BCUT2D eigenvalue weighted by molar-refractivity contribution is 0.0952. The number of amides is 1. The first kappa shape index (κ1) is 19.6. The van der Waals surface area contributed by atoms with Crippen molar-refractivity contribution in [3.8, 4) is 11.3 Å². The maximum absolute atomic E-state index is 13.2. The minimum atomic E-state index is -0.205. The number of fused-ring (bicyclic) bond motifs is 1. The third-order valence-corrected chi connectivity index (χ3v) is 5.27. The first-order valence-electron chi connectivity index (χ1n) is 10.2. The Balaban J connectivity index is 1.56. The lowest BCUT2D eigenvalue weighted by Gasteiger charge is -2.10. The lowest BCUT2D eigenvalue weighted by Crippen LogP contribution is -2.23. The molecule has 5 aromatic rings. The van der Waals surface area contributed by atoms with Crippen molar-refractivity contribution in [2.24, 2.45) is 0 Å². The van der Waals surface area contributed by atoms with Gasteiger partial charge in [0.1, 0.15) is 5.76 Å². The molecule has 0 aromatic carbocycles. The molecule has 0 spiro atoms. The van der Waals surface area contributed by atoms with Crippen molar-refractivity contribution in [2.45, 2.75) is 20.0 Å². The summed E-state index contributed by atoms with van der Waals surface area (Å²) in [7, 11) is 0. The van der Waals surface area contributed by atoms with E-state index in [2.05, 4.69) is 20.4 Å². The fourth-order valence-electron chi connectivity index (χ4n) is 3.54. The highest BCUT2D eigenvalue weighted by molar-refractivity contribution is 6.06. The molecular weight excluding hydrogens is 404 g/mol. The zero-order chi connectivity index (χ0) is 21.9. The van der Waals surface area contributed by atoms with Gasteiger partial charge in [0.05, 0.1) is 35.6 Å². The largest absolute Gasteiger partial charge is 0.469 e. The maximum atomic E-state index is 13.2. The van der Waals surface area contributed by atoms with Gasteiger partial charge in [-0.15, -0.1) is 0 Å². The third kappa shape index (κ3) is 3.85. The van der Waals surface area contributed by atoms with Crippen molar-refractivity contribution in [1.82, 2.24) is 30.0 Å². The molecule has 0 fully saturated rings. The Bertz CT molecular complexity index is 1380. The fraction of sp³-hybridized carbons (Fsp3) is 0.125. The summed E-state index contributed by atoms with van der Waals surface area (Å²) in [5.41, 5.74) is 4.54. The van der Waals surface area contributed by atoms with E-state index in [-0.39, 0.29) is 5.91 Å². The van der Waals surface area contributed by atoms with Gasteiger partial charge in [0, 0.05) is 42.5 Å². The molecule has 0 saturated heterocycles. The predicted molar refractivity (Wildman–Crippen MR) is 119 cm³/mol. The van der Waals surface area contributed by atoms with Crippen molar-refractivity contribution in [2.75, 3.05) is 0 Å². The number of rotatable bonds is 6. The van der Waals surface area contributed by atoms with Crippen LogP contribution in [0.25, 0.3) is 22.3 Å². The molecule has 1 N–H and O–H groups in total. The molecule has 0 aliphatic heterocycles. The summed E-state index contributed by atoms with van der Waals surface area (Å²) < 4.78 is 7.10. The summed E-state index contributed by atoms with van der Waals surface area (Å²) in [4.78, 5) is 26.4. The summed E-state index contributed by atoms with van der Waals surface area (Å²) >= 11 is 0. The van der Waals surface area contributed by atoms with E-state index < -0.39 is 0 Å². The van der Waals surface area contributed by atoms with Crippen LogP contribution in [0, 0.1) is 6.92 Å². The molecule has 5 aromatic heterocycles. The number of aryl methyl sites for hydroxylation is 1. The van der Waals surface area contributed by atoms with Gasteiger partial charge in [-0.3, -0.25) is 14.8 Å². The van der Waals surface area contributed by atoms with Gasteiger partial charge in [0.2, 0.25) is 0 Å². The molecule has 158 valence electrons. The van der Waals surface area contributed by atoms with E-state index in [0.29, 0.717) is 35.4 Å². The molecule has 8 heteroatoms. The molecule has 0 radical (unpaired) electrons. The Morgan fingerprint density at radius 3 is 2.66 bits per heavy atom. The van der Waals surface area contributed by atoms with E-state index in [1.54, 1.807) is 48.0 Å². The van der Waals surface area contributed by atoms with E-state index in [1.165, 1.54) is 0 Å². The minimum Gasteiger partial charge on any atom is -0.469 e. The third-order valence-electron chi connectivity index (χ3n) is 5.27. The summed E-state index contributed by atoms with van der Waals surface area (Å²) in [6.07, 6.45) is 10.3. The average molecular weight is 424 g/mol. The Morgan fingerprint density at radius 1 is 1.09 bits per heavy atom. The van der Waals surface area contributed by atoms with Crippen LogP contribution in [0.3, 0.4) is 0 Å². The molecule has 0 aliphatic rings. The second-order valence-corrected chi connectivity index (χ2v) is 7.38. The molecule has 0 atom stereocenters. The van der Waals surface area contributed by atoms with E-state index in [4.69, 9.17) is 9.40 Å². The molecule has 0 bridgehead atoms. The maximum Gasteiger partial charge on any atom is 0.252 e. The zero-order valence-electron chi connectivity index (χ0n) is 17.4. The van der Waals surface area contributed by atoms with Gasteiger partial charge >= 0.3 is 0 Å². The van der Waals surface area contributed by atoms with Crippen molar-refractivity contribution in [3.05, 3.63) is 96.1 Å². The summed E-state index contributed by atoms with van der Waals surface area (Å²) in [5.74, 6) is 0.578. The molecule has 1 amide bonds. The highest BCUT2D eigenvalue weighted by atomic mass is 16.3. The van der Waals surface area contributed by atoms with Crippen LogP contribution >= 0.6 is 0 Å². The number of carbonyl (C=O) groups is 1. The fourth-order valence-corrected chi connectivity index (χ4v) is 3.54. The van der Waals surface area contributed by atoms with Crippen LogP contribution < -0.4 is 5.32 Å². The van der Waals surface area contributed by atoms with Crippen LogP contribution in [0.2, 0.25) is 0 Å². The molecular formula is C24H20N6O2. The topological polar surface area (TPSA) is 98.7 Å². The van der Waals surface area contributed by atoms with E-state index in [9.17, 15) is 4.79 Å². The van der Waals surface area contributed by atoms with Crippen LogP contribution in [0.1, 0.15) is 27.2 Å². The van der Waals surface area contributed by atoms with Gasteiger partial charge in [-0.25, -0.2) is 9.67 Å². The van der Waals surface area contributed by atoms with Crippen LogP contribution in [0.5, 0.6) is 0 Å². The van der Waals surface area contributed by atoms with E-state index in [0.717, 1.165) is 22.5 Å². The number of pyridine rings is 3. The highest BCUT2D eigenvalue weighted by Gasteiger charge is 2.18. The average Bonchev–Trinajstić information content (AvgIpc) is 3.44. The number of aromatic nitrogens is 5. The number of carbonyl (C=O) groups excluding carboxylic acids is 1. The van der Waals surface area contributed by atoms with Crippen LogP contribution in [-0.2, 0) is 13.1 Å². The molecule has 32 heavy (non-hydrogen) atoms. The number of hydrogen-bond donors (Lipinski definition) is 1. The number of hydrogen-bond acceptors (Lipinski definition) is 6. The van der Waals surface area contributed by atoms with E-state index >= 15 is 0 Å². The summed E-state index contributed by atoms with van der Waals surface area (Å²) in [6.45, 7) is 2.74. The van der Waals surface area contributed by atoms with Crippen molar-refractivity contribution in [1.29, 1.82) is 0 Å². The Hall–Kier alpha value is -4.33. The Kier molecular flexibility index (Phi) is 5.17. The minimum absolute atomic E-state index is 0.205. The van der Waals surface area contributed by atoms with Gasteiger partial charge in [-0.1, -0.05) is 6.07 Å². The smallest absolute Gasteiger partial charge is 0.252 e. The normalized spacial score (nSPS) is 11.0. The van der Waals surface area contributed by atoms with Gasteiger partial charge in [0.15, 0.2) is 5.65 Å². The molecule has 0 aliphatic carbocycles. The van der Waals surface area contributed by atoms with Crippen LogP contribution in [-0.4, -0.2) is 30.6 Å². The lowest BCUT2D eigenvalue weighted by atomic mass is 10.1. The van der Waals surface area contributed by atoms with Gasteiger partial charge < -0.3 is 9.73 Å². The number of nitrogens with one attached hydrogen (secondary N) is 1. The first-order valence-corrected chi connectivity index (χ1v) is 10.2. The van der Waals surface area contributed by atoms with Gasteiger partial charge in [-0.2, -0.15) is 5.10 Å². The first-order chi connectivity index (χ1) is 15.7. The van der Waals surface area contributed by atoms with Crippen molar-refractivity contribution < 1.29 is 9.21 Å². The monoisotopic (exact) mass is 424 g/mol. The Morgan fingerprint density at radius 2 is 1.94 bits per heavy atom. The van der Waals surface area contributed by atoms with Crippen LogP contribution in [0.15, 0.2) is 78.1 Å². The Labute approximate surface area is 184 Å². The standard InChI is InChI=1S/C24H20N6O2/c1-16-18(6-9-32-16)13-27-24(31)20-10-22(19-5-3-8-26-12-19)29-23-21(20)14-28-30(23)15-17-4-2-7-25-11-17/h2-12,14H,13,15H2,1H3,(H,27,31). The predicted octanol–water partition coefficient (Wildman–Crippen LogP) is 3.77. The van der Waals surface area contributed by atoms with Crippen molar-refractivity contribution in [3.63, 3.8) is 0 Å². The second kappa shape index (κ2) is 8.43. The SMILES string of the molecule is Cc1occc1CNC(=O)c1cc(-c2cccnc2)nc2c1cnn2Cc1cccnc1. The molecule has 0 saturated carbocycles. The molecule has 5 heterocycles. The number of furan rings is 1. The van der Waals surface area contributed by atoms with Crippen molar-refractivity contribution >= 4 is 16.9 Å². The van der Waals surface area contributed by atoms with Crippen LogP contribution in [0.4, 0.5) is 0 Å². The van der Waals surface area contributed by atoms with E-state index in [1.807, 2.05) is 37.3 Å². The summed E-state index contributed by atoms with van der Waals surface area (Å²) in [5, 5.41) is 8.17. The summed E-state index contributed by atoms with van der Waals surface area (Å²) in [6, 6.07) is 11.3. The molecule has 8 nitrogen and oxygen atoms in total. The molecule has 0 unspecified atom stereocenters. The van der Waals surface area contributed by atoms with Gasteiger partial charge in [0.25, 0.3) is 5.91 Å². The highest BCUT2D eigenvalue weighted by Crippen LogP contribution is 2.25. The molecule has 5 rings (SSSR count). The van der Waals surface area contributed by atoms with Gasteiger partial charge in [-0.05, 0) is 42.8 Å². The zero-order valence-corrected chi connectivity index (χ0v) is 17.4.